The van der Waals surface area contributed by atoms with Crippen LogP contribution in [0.3, 0.4) is 0 Å². The van der Waals surface area contributed by atoms with Crippen LogP contribution in [0.2, 0.25) is 32.7 Å². The van der Waals surface area contributed by atoms with Crippen LogP contribution in [0.5, 0.6) is 0 Å². The van der Waals surface area contributed by atoms with Crippen molar-refractivity contribution in [1.29, 1.82) is 0 Å². The summed E-state index contributed by atoms with van der Waals surface area (Å²) < 4.78 is 8.74. The molecule has 0 fully saturated rings. The molecule has 0 N–H and O–H groups in total. The van der Waals surface area contributed by atoms with E-state index in [4.69, 9.17) is 4.12 Å². The van der Waals surface area contributed by atoms with E-state index in [1.54, 1.807) is 0 Å². The highest BCUT2D eigenvalue weighted by Gasteiger charge is 2.33. The Balaban J connectivity index is 4.15. The molecule has 86 valence electrons. The van der Waals surface area contributed by atoms with Gasteiger partial charge in [0.25, 0.3) is 8.48 Å². The Kier molecular flexibility index (Phi) is 5.58. The summed E-state index contributed by atoms with van der Waals surface area (Å²) in [4.78, 5) is 0. The third-order valence-corrected chi connectivity index (χ3v) is 8.83. The molecule has 0 radical (unpaired) electrons. The minimum absolute atomic E-state index is 1.18. The van der Waals surface area contributed by atoms with Gasteiger partial charge in [-0.1, -0.05) is 13.3 Å². The molecule has 0 aromatic carbocycles. The molecule has 0 saturated carbocycles. The monoisotopic (exact) mass is 233 g/mol. The fraction of sp³-hybridized carbons (Fsp3) is 1.00. The molecule has 0 aliphatic rings. The van der Waals surface area contributed by atoms with Gasteiger partial charge in [0.15, 0.2) is 8.32 Å². The van der Waals surface area contributed by atoms with Gasteiger partial charge in [-0.2, -0.15) is 0 Å². The van der Waals surface area contributed by atoms with Crippen LogP contribution in [0, 0.1) is 0 Å². The van der Waals surface area contributed by atoms with Gasteiger partial charge in [-0.05, 0) is 52.7 Å². The fourth-order valence-electron chi connectivity index (χ4n) is 1.49. The summed E-state index contributed by atoms with van der Waals surface area (Å²) in [6.45, 7) is 14.9. The smallest absolute Gasteiger partial charge is 0.254 e. The minimum Gasteiger partial charge on any atom is -0.445 e. The van der Waals surface area contributed by atoms with Crippen molar-refractivity contribution in [3.8, 4) is 0 Å². The number of nitrogens with zero attached hydrogens (tertiary/aromatic N) is 1. The third-order valence-electron chi connectivity index (χ3n) is 2.32. The highest BCUT2D eigenvalue weighted by Crippen LogP contribution is 2.17. The molecule has 0 aromatic heterocycles. The molecule has 0 aromatic rings. The van der Waals surface area contributed by atoms with Crippen LogP contribution in [0.1, 0.15) is 19.8 Å². The largest absolute Gasteiger partial charge is 0.445 e. The fourth-order valence-corrected chi connectivity index (χ4v) is 8.81. The molecule has 4 heteroatoms. The van der Waals surface area contributed by atoms with Gasteiger partial charge in [0, 0.05) is 0 Å². The highest BCUT2D eigenvalue weighted by molar-refractivity contribution is 6.82. The van der Waals surface area contributed by atoms with Gasteiger partial charge >= 0.3 is 0 Å². The number of hydrogen-bond acceptors (Lipinski definition) is 2. The van der Waals surface area contributed by atoms with Gasteiger partial charge in [0.05, 0.1) is 0 Å². The van der Waals surface area contributed by atoms with Crippen molar-refractivity contribution in [2.45, 2.75) is 52.5 Å². The summed E-state index contributed by atoms with van der Waals surface area (Å²) in [7, 11) is -0.749. The predicted molar refractivity (Wildman–Crippen MR) is 69.5 cm³/mol. The van der Waals surface area contributed by atoms with Crippen LogP contribution < -0.4 is 0 Å². The van der Waals surface area contributed by atoms with E-state index in [9.17, 15) is 0 Å². The Morgan fingerprint density at radius 2 is 1.57 bits per heavy atom. The van der Waals surface area contributed by atoms with E-state index in [2.05, 4.69) is 51.3 Å². The molecule has 0 saturated heterocycles. The van der Waals surface area contributed by atoms with Crippen LogP contribution in [-0.2, 0) is 4.12 Å². The van der Waals surface area contributed by atoms with Crippen LogP contribution in [0.4, 0.5) is 0 Å². The highest BCUT2D eigenvalue weighted by atomic mass is 28.4. The lowest BCUT2D eigenvalue weighted by molar-refractivity contribution is 0.390. The second-order valence-corrected chi connectivity index (χ2v) is 14.1. The van der Waals surface area contributed by atoms with E-state index in [0.29, 0.717) is 0 Å². The van der Waals surface area contributed by atoms with E-state index in [0.717, 1.165) is 0 Å². The second-order valence-electron chi connectivity index (χ2n) is 5.44. The Bertz CT molecular complexity index is 166. The van der Waals surface area contributed by atoms with E-state index in [1.807, 2.05) is 0 Å². The zero-order chi connectivity index (χ0) is 11.4. The SMILES string of the molecule is CCCCN(C)[Si](C)(C)O[Si](C)(C)C. The Morgan fingerprint density at radius 3 is 1.93 bits per heavy atom. The molecule has 2 nitrogen and oxygen atoms in total. The van der Waals surface area contributed by atoms with Crippen molar-refractivity contribution in [2.24, 2.45) is 0 Å². The van der Waals surface area contributed by atoms with Gasteiger partial charge in [-0.15, -0.1) is 0 Å². The minimum atomic E-state index is -1.58. The summed E-state index contributed by atoms with van der Waals surface area (Å²) >= 11 is 0. The molecular formula is C10H27NOSi2. The lowest BCUT2D eigenvalue weighted by Gasteiger charge is -2.38. The summed E-state index contributed by atoms with van der Waals surface area (Å²) in [5.41, 5.74) is 0. The predicted octanol–water partition coefficient (Wildman–Crippen LogP) is 3.27. The quantitative estimate of drug-likeness (QED) is 0.653. The second kappa shape index (κ2) is 5.44. The maximum absolute atomic E-state index is 6.29. The molecule has 0 aliphatic carbocycles. The number of unbranched alkanes of at least 4 members (excludes halogenated alkanes) is 1. The molecule has 0 heterocycles. The van der Waals surface area contributed by atoms with Crippen molar-refractivity contribution in [3.63, 3.8) is 0 Å². The summed E-state index contributed by atoms with van der Waals surface area (Å²) in [6.07, 6.45) is 2.55. The van der Waals surface area contributed by atoms with Gasteiger partial charge in [0.1, 0.15) is 0 Å². The molecule has 0 atom stereocenters. The number of rotatable bonds is 6. The summed E-state index contributed by atoms with van der Waals surface area (Å²) in [5, 5.41) is 0. The standard InChI is InChI=1S/C10H27NOSi2/c1-8-9-10-11(2)14(6,7)12-13(3,4)5/h8-10H2,1-7H3. The third kappa shape index (κ3) is 5.95. The van der Waals surface area contributed by atoms with Gasteiger partial charge < -0.3 is 8.68 Å². The topological polar surface area (TPSA) is 12.5 Å². The maximum atomic E-state index is 6.29. The van der Waals surface area contributed by atoms with Crippen molar-refractivity contribution >= 4 is 16.8 Å². The number of hydrogen-bond donors (Lipinski definition) is 0. The first-order chi connectivity index (χ1) is 6.19. The molecule has 0 bridgehead atoms. The summed E-state index contributed by atoms with van der Waals surface area (Å²) in [5.74, 6) is 0. The van der Waals surface area contributed by atoms with Crippen LogP contribution in [0.25, 0.3) is 0 Å². The lowest BCUT2D eigenvalue weighted by atomic mass is 10.3. The molecule has 0 amide bonds. The molecule has 0 spiro atoms. The van der Waals surface area contributed by atoms with E-state index in [1.165, 1.54) is 19.4 Å². The average Bonchev–Trinajstić information content (AvgIpc) is 1.95. The van der Waals surface area contributed by atoms with Crippen molar-refractivity contribution < 1.29 is 4.12 Å². The van der Waals surface area contributed by atoms with Gasteiger partial charge in [0.2, 0.25) is 0 Å². The Hall–Kier alpha value is 0.354. The molecule has 0 unspecified atom stereocenters. The first kappa shape index (κ1) is 14.4. The van der Waals surface area contributed by atoms with E-state index >= 15 is 0 Å². The average molecular weight is 234 g/mol. The first-order valence-corrected chi connectivity index (χ1v) is 11.9. The maximum Gasteiger partial charge on any atom is 0.254 e. The Labute approximate surface area is 92.0 Å². The zero-order valence-corrected chi connectivity index (χ0v) is 13.0. The van der Waals surface area contributed by atoms with Crippen molar-refractivity contribution in [3.05, 3.63) is 0 Å². The van der Waals surface area contributed by atoms with Crippen LogP contribution in [-0.4, -0.2) is 35.0 Å². The van der Waals surface area contributed by atoms with Gasteiger partial charge in [-0.25, -0.2) is 0 Å². The van der Waals surface area contributed by atoms with E-state index < -0.39 is 16.8 Å². The lowest BCUT2D eigenvalue weighted by Crippen LogP contribution is -2.54. The molecule has 0 rings (SSSR count). The molecule has 14 heavy (non-hydrogen) atoms. The van der Waals surface area contributed by atoms with E-state index in [-0.39, 0.29) is 0 Å². The molecule has 0 aliphatic heterocycles. The first-order valence-electron chi connectivity index (χ1n) is 5.60. The van der Waals surface area contributed by atoms with Crippen LogP contribution in [0.15, 0.2) is 0 Å². The Morgan fingerprint density at radius 1 is 1.07 bits per heavy atom. The molecular weight excluding hydrogens is 206 g/mol. The van der Waals surface area contributed by atoms with Crippen molar-refractivity contribution in [1.82, 2.24) is 4.57 Å². The van der Waals surface area contributed by atoms with Crippen molar-refractivity contribution in [2.75, 3.05) is 13.6 Å². The summed E-state index contributed by atoms with van der Waals surface area (Å²) in [6, 6.07) is 0. The normalized spacial score (nSPS) is 13.7. The zero-order valence-electron chi connectivity index (χ0n) is 11.0. The van der Waals surface area contributed by atoms with Crippen LogP contribution >= 0.6 is 0 Å². The van der Waals surface area contributed by atoms with Gasteiger partial charge in [-0.3, -0.25) is 0 Å².